The predicted molar refractivity (Wildman–Crippen MR) is 91.3 cm³/mol. The second kappa shape index (κ2) is 6.02. The summed E-state index contributed by atoms with van der Waals surface area (Å²) in [6, 6.07) is 18.5. The molecule has 0 spiro atoms. The van der Waals surface area contributed by atoms with Crippen molar-refractivity contribution in [3.05, 3.63) is 77.1 Å². The van der Waals surface area contributed by atoms with Crippen molar-refractivity contribution < 1.29 is 4.39 Å². The number of tetrazole rings is 1. The molecule has 118 valence electrons. The molecule has 3 aromatic carbocycles. The van der Waals surface area contributed by atoms with E-state index >= 15 is 0 Å². The number of hydrogen-bond donors (Lipinski definition) is 0. The van der Waals surface area contributed by atoms with Gasteiger partial charge in [-0.2, -0.15) is 0 Å². The molecule has 0 fully saturated rings. The molecule has 0 amide bonds. The van der Waals surface area contributed by atoms with Crippen LogP contribution in [0.1, 0.15) is 5.56 Å². The van der Waals surface area contributed by atoms with Crippen LogP contribution in [0.2, 0.25) is 5.02 Å². The Labute approximate surface area is 142 Å². The zero-order chi connectivity index (χ0) is 16.5. The minimum absolute atomic E-state index is 0.164. The lowest BCUT2D eigenvalue weighted by Gasteiger charge is -2.09. The fraction of sp³-hybridized carbons (Fsp3) is 0.0556. The maximum atomic E-state index is 14.1. The minimum atomic E-state index is -0.373. The summed E-state index contributed by atoms with van der Waals surface area (Å²) in [7, 11) is 0. The Balaban J connectivity index is 1.83. The molecule has 0 aliphatic heterocycles. The molecule has 24 heavy (non-hydrogen) atoms. The van der Waals surface area contributed by atoms with Gasteiger partial charge in [0.25, 0.3) is 0 Å². The molecule has 0 bridgehead atoms. The van der Waals surface area contributed by atoms with Gasteiger partial charge in [-0.3, -0.25) is 0 Å². The van der Waals surface area contributed by atoms with Crippen molar-refractivity contribution >= 4 is 22.4 Å². The highest BCUT2D eigenvalue weighted by Crippen LogP contribution is 2.28. The molecule has 6 heteroatoms. The van der Waals surface area contributed by atoms with Crippen molar-refractivity contribution in [3.8, 4) is 11.4 Å². The topological polar surface area (TPSA) is 43.6 Å². The van der Waals surface area contributed by atoms with Gasteiger partial charge >= 0.3 is 0 Å². The molecule has 0 saturated carbocycles. The summed E-state index contributed by atoms with van der Waals surface area (Å²) >= 11 is 6.12. The third kappa shape index (κ3) is 2.53. The standard InChI is InChI=1S/C18H12ClFN4/c19-16-9-4-10-17(20)15(16)11-24-18(21-22-23-24)14-8-3-6-12-5-1-2-7-13(12)14/h1-10H,11H2. The third-order valence-corrected chi connectivity index (χ3v) is 4.29. The van der Waals surface area contributed by atoms with Crippen LogP contribution in [0, 0.1) is 5.82 Å². The third-order valence-electron chi connectivity index (χ3n) is 3.93. The van der Waals surface area contributed by atoms with Crippen LogP contribution in [-0.2, 0) is 6.54 Å². The van der Waals surface area contributed by atoms with E-state index in [1.807, 2.05) is 42.5 Å². The first kappa shape index (κ1) is 14.8. The lowest BCUT2D eigenvalue weighted by molar-refractivity contribution is 0.579. The lowest BCUT2D eigenvalue weighted by atomic mass is 10.0. The van der Waals surface area contributed by atoms with Gasteiger partial charge in [0.05, 0.1) is 6.54 Å². The average molecular weight is 339 g/mol. The molecule has 1 aromatic heterocycles. The molecule has 0 aliphatic rings. The zero-order valence-electron chi connectivity index (χ0n) is 12.5. The molecule has 0 saturated heterocycles. The summed E-state index contributed by atoms with van der Waals surface area (Å²) < 4.78 is 15.6. The summed E-state index contributed by atoms with van der Waals surface area (Å²) in [5.41, 5.74) is 1.26. The molecule has 0 aliphatic carbocycles. The van der Waals surface area contributed by atoms with Gasteiger partial charge in [0.2, 0.25) is 0 Å². The Hall–Kier alpha value is -2.79. The van der Waals surface area contributed by atoms with Gasteiger partial charge in [0.1, 0.15) is 5.82 Å². The highest BCUT2D eigenvalue weighted by molar-refractivity contribution is 6.31. The van der Waals surface area contributed by atoms with Crippen LogP contribution in [0.4, 0.5) is 4.39 Å². The number of hydrogen-bond acceptors (Lipinski definition) is 3. The van der Waals surface area contributed by atoms with E-state index in [1.54, 1.807) is 16.8 Å². The van der Waals surface area contributed by atoms with Crippen molar-refractivity contribution in [2.24, 2.45) is 0 Å². The van der Waals surface area contributed by atoms with Crippen LogP contribution in [0.15, 0.2) is 60.7 Å². The number of nitrogens with zero attached hydrogens (tertiary/aromatic N) is 4. The van der Waals surface area contributed by atoms with E-state index in [4.69, 9.17) is 11.6 Å². The summed E-state index contributed by atoms with van der Waals surface area (Å²) in [5.74, 6) is 0.202. The van der Waals surface area contributed by atoms with Crippen molar-refractivity contribution in [2.45, 2.75) is 6.54 Å². The SMILES string of the molecule is Fc1cccc(Cl)c1Cn1nnnc1-c1cccc2ccccc12. The number of fused-ring (bicyclic) bond motifs is 1. The second-order valence-electron chi connectivity index (χ2n) is 5.39. The largest absolute Gasteiger partial charge is 0.221 e. The van der Waals surface area contributed by atoms with Crippen LogP contribution in [-0.4, -0.2) is 20.2 Å². The van der Waals surface area contributed by atoms with Crippen molar-refractivity contribution in [1.82, 2.24) is 20.2 Å². The molecule has 1 heterocycles. The molecule has 4 rings (SSSR count). The maximum absolute atomic E-state index is 14.1. The quantitative estimate of drug-likeness (QED) is 0.558. The molecule has 0 unspecified atom stereocenters. The van der Waals surface area contributed by atoms with E-state index < -0.39 is 0 Å². The lowest BCUT2D eigenvalue weighted by Crippen LogP contribution is -2.07. The van der Waals surface area contributed by atoms with Crippen molar-refractivity contribution in [1.29, 1.82) is 0 Å². The van der Waals surface area contributed by atoms with Gasteiger partial charge in [-0.05, 0) is 33.3 Å². The summed E-state index contributed by atoms with van der Waals surface area (Å²) in [6.45, 7) is 0.164. The fourth-order valence-electron chi connectivity index (χ4n) is 2.76. The highest BCUT2D eigenvalue weighted by atomic mass is 35.5. The van der Waals surface area contributed by atoms with E-state index in [1.165, 1.54) is 6.07 Å². The monoisotopic (exact) mass is 338 g/mol. The van der Waals surface area contributed by atoms with Gasteiger partial charge in [0.15, 0.2) is 5.82 Å². The van der Waals surface area contributed by atoms with E-state index in [0.717, 1.165) is 16.3 Å². The number of aromatic nitrogens is 4. The highest BCUT2D eigenvalue weighted by Gasteiger charge is 2.15. The Morgan fingerprint density at radius 2 is 1.75 bits per heavy atom. The second-order valence-corrected chi connectivity index (χ2v) is 5.79. The number of benzene rings is 3. The summed E-state index contributed by atoms with van der Waals surface area (Å²) in [4.78, 5) is 0. The zero-order valence-corrected chi connectivity index (χ0v) is 13.3. The van der Waals surface area contributed by atoms with Crippen molar-refractivity contribution in [3.63, 3.8) is 0 Å². The van der Waals surface area contributed by atoms with Gasteiger partial charge in [0, 0.05) is 16.1 Å². The number of halogens is 2. The first-order valence-electron chi connectivity index (χ1n) is 7.41. The van der Waals surface area contributed by atoms with Crippen LogP contribution >= 0.6 is 11.6 Å². The molecule has 0 N–H and O–H groups in total. The maximum Gasteiger partial charge on any atom is 0.182 e. The van der Waals surface area contributed by atoms with E-state index in [0.29, 0.717) is 16.4 Å². The van der Waals surface area contributed by atoms with Gasteiger partial charge < -0.3 is 0 Å². The van der Waals surface area contributed by atoms with Gasteiger partial charge in [-0.15, -0.1) is 5.10 Å². The van der Waals surface area contributed by atoms with E-state index in [9.17, 15) is 4.39 Å². The van der Waals surface area contributed by atoms with Crippen LogP contribution in [0.3, 0.4) is 0 Å². The van der Waals surface area contributed by atoms with Crippen LogP contribution in [0.25, 0.3) is 22.2 Å². The Bertz CT molecular complexity index is 1000. The van der Waals surface area contributed by atoms with Crippen LogP contribution in [0.5, 0.6) is 0 Å². The molecular weight excluding hydrogens is 327 g/mol. The summed E-state index contributed by atoms with van der Waals surface area (Å²) in [5, 5.41) is 14.4. The Morgan fingerprint density at radius 3 is 2.62 bits per heavy atom. The predicted octanol–water partition coefficient (Wildman–Crippen LogP) is 4.33. The Kier molecular flexibility index (Phi) is 3.70. The van der Waals surface area contributed by atoms with Gasteiger partial charge in [-0.25, -0.2) is 9.07 Å². The smallest absolute Gasteiger partial charge is 0.182 e. The molecule has 0 atom stereocenters. The molecule has 4 aromatic rings. The van der Waals surface area contributed by atoms with Gasteiger partial charge in [-0.1, -0.05) is 60.1 Å². The van der Waals surface area contributed by atoms with Crippen molar-refractivity contribution in [2.75, 3.05) is 0 Å². The van der Waals surface area contributed by atoms with E-state index in [2.05, 4.69) is 15.5 Å². The molecular formula is C18H12ClFN4. The minimum Gasteiger partial charge on any atom is -0.221 e. The molecule has 4 nitrogen and oxygen atoms in total. The normalized spacial score (nSPS) is 11.1. The number of rotatable bonds is 3. The van der Waals surface area contributed by atoms with Crippen LogP contribution < -0.4 is 0 Å². The van der Waals surface area contributed by atoms with E-state index in [-0.39, 0.29) is 12.4 Å². The Morgan fingerprint density at radius 1 is 0.958 bits per heavy atom. The first-order valence-corrected chi connectivity index (χ1v) is 7.79. The molecule has 0 radical (unpaired) electrons. The summed E-state index contributed by atoms with van der Waals surface area (Å²) in [6.07, 6.45) is 0. The first-order chi connectivity index (χ1) is 11.7. The average Bonchev–Trinajstić information content (AvgIpc) is 3.06. The fourth-order valence-corrected chi connectivity index (χ4v) is 2.98.